The number of allylic oxidation sites excluding steroid dienone is 1. The van der Waals surface area contributed by atoms with Crippen LogP contribution in [-0.2, 0) is 14.2 Å². The van der Waals surface area contributed by atoms with E-state index in [1.165, 1.54) is 13.2 Å². The van der Waals surface area contributed by atoms with Crippen molar-refractivity contribution in [3.8, 4) is 0 Å². The number of benzene rings is 1. The van der Waals surface area contributed by atoms with Gasteiger partial charge in [-0.25, -0.2) is 13.2 Å². The minimum absolute atomic E-state index is 0.0109. The van der Waals surface area contributed by atoms with Crippen LogP contribution in [0.3, 0.4) is 0 Å². The van der Waals surface area contributed by atoms with E-state index in [4.69, 9.17) is 14.2 Å². The molecule has 182 valence electrons. The van der Waals surface area contributed by atoms with E-state index in [1.807, 2.05) is 0 Å². The maximum absolute atomic E-state index is 15.0. The summed E-state index contributed by atoms with van der Waals surface area (Å²) < 4.78 is 59.7. The van der Waals surface area contributed by atoms with Gasteiger partial charge in [-0.05, 0) is 86.0 Å². The van der Waals surface area contributed by atoms with Crippen molar-refractivity contribution in [2.24, 2.45) is 0 Å². The van der Waals surface area contributed by atoms with Crippen LogP contribution in [0.5, 0.6) is 0 Å². The van der Waals surface area contributed by atoms with Crippen molar-refractivity contribution in [2.45, 2.75) is 75.4 Å². The SMILES string of the molecule is C=C(/C=C(/F)C(=C)OC)COC1CCC(c2ccc(C3CCC(OC)CC3)c(F)c2F)CC1. The Balaban J connectivity index is 1.53. The van der Waals surface area contributed by atoms with Gasteiger partial charge in [0.1, 0.15) is 5.76 Å². The van der Waals surface area contributed by atoms with E-state index in [0.717, 1.165) is 51.4 Å². The van der Waals surface area contributed by atoms with Gasteiger partial charge in [-0.1, -0.05) is 25.3 Å². The molecule has 33 heavy (non-hydrogen) atoms. The lowest BCUT2D eigenvalue weighted by atomic mass is 9.79. The van der Waals surface area contributed by atoms with E-state index >= 15 is 4.39 Å². The van der Waals surface area contributed by atoms with Crippen LogP contribution in [0.25, 0.3) is 0 Å². The topological polar surface area (TPSA) is 27.7 Å². The molecular weight excluding hydrogens is 429 g/mol. The Labute approximate surface area is 195 Å². The minimum atomic E-state index is -0.696. The zero-order valence-corrected chi connectivity index (χ0v) is 19.7. The summed E-state index contributed by atoms with van der Waals surface area (Å²) in [5.74, 6) is -1.99. The summed E-state index contributed by atoms with van der Waals surface area (Å²) in [6, 6.07) is 3.56. The van der Waals surface area contributed by atoms with E-state index in [-0.39, 0.29) is 36.4 Å². The molecule has 0 aromatic heterocycles. The molecule has 0 heterocycles. The minimum Gasteiger partial charge on any atom is -0.494 e. The van der Waals surface area contributed by atoms with Crippen molar-refractivity contribution in [1.29, 1.82) is 0 Å². The van der Waals surface area contributed by atoms with Gasteiger partial charge in [0.25, 0.3) is 0 Å². The van der Waals surface area contributed by atoms with Gasteiger partial charge >= 0.3 is 0 Å². The second kappa shape index (κ2) is 11.9. The molecule has 0 saturated heterocycles. The van der Waals surface area contributed by atoms with Gasteiger partial charge in [-0.2, -0.15) is 0 Å². The third-order valence-electron chi connectivity index (χ3n) is 7.05. The quantitative estimate of drug-likeness (QED) is 0.285. The highest BCUT2D eigenvalue weighted by atomic mass is 19.2. The highest BCUT2D eigenvalue weighted by molar-refractivity contribution is 5.32. The Morgan fingerprint density at radius 1 is 0.879 bits per heavy atom. The predicted octanol–water partition coefficient (Wildman–Crippen LogP) is 7.25. The summed E-state index contributed by atoms with van der Waals surface area (Å²) >= 11 is 0. The monoisotopic (exact) mass is 464 g/mol. The number of methoxy groups -OCH3 is 2. The van der Waals surface area contributed by atoms with Crippen LogP contribution in [0.4, 0.5) is 13.2 Å². The van der Waals surface area contributed by atoms with Gasteiger partial charge in [-0.15, -0.1) is 0 Å². The average Bonchev–Trinajstić information content (AvgIpc) is 2.84. The summed E-state index contributed by atoms with van der Waals surface area (Å²) in [6.45, 7) is 7.45. The molecule has 0 spiro atoms. The Hall–Kier alpha value is -2.05. The van der Waals surface area contributed by atoms with E-state index < -0.39 is 17.5 Å². The summed E-state index contributed by atoms with van der Waals surface area (Å²) in [5.41, 5.74) is 1.45. The second-order valence-electron chi connectivity index (χ2n) is 9.14. The smallest absolute Gasteiger partial charge is 0.164 e. The molecule has 0 amide bonds. The zero-order chi connectivity index (χ0) is 24.0. The molecule has 3 rings (SSSR count). The average molecular weight is 465 g/mol. The van der Waals surface area contributed by atoms with Crippen molar-refractivity contribution < 1.29 is 27.4 Å². The molecule has 1 aromatic carbocycles. The number of hydrogen-bond acceptors (Lipinski definition) is 3. The Kier molecular flexibility index (Phi) is 9.21. The highest BCUT2D eigenvalue weighted by Crippen LogP contribution is 2.40. The number of hydrogen-bond donors (Lipinski definition) is 0. The Morgan fingerprint density at radius 3 is 1.82 bits per heavy atom. The van der Waals surface area contributed by atoms with Crippen molar-refractivity contribution >= 4 is 0 Å². The Morgan fingerprint density at radius 2 is 1.36 bits per heavy atom. The largest absolute Gasteiger partial charge is 0.494 e. The molecule has 2 aliphatic rings. The van der Waals surface area contributed by atoms with E-state index in [1.54, 1.807) is 19.2 Å². The second-order valence-corrected chi connectivity index (χ2v) is 9.14. The molecule has 3 nitrogen and oxygen atoms in total. The molecule has 0 unspecified atom stereocenters. The van der Waals surface area contributed by atoms with Crippen molar-refractivity contribution in [3.05, 3.63) is 71.3 Å². The van der Waals surface area contributed by atoms with Gasteiger partial charge in [0.05, 0.1) is 25.9 Å². The van der Waals surface area contributed by atoms with Gasteiger partial charge in [-0.3, -0.25) is 0 Å². The third-order valence-corrected chi connectivity index (χ3v) is 7.05. The normalized spacial score (nSPS) is 26.2. The molecule has 0 bridgehead atoms. The third kappa shape index (κ3) is 6.51. The molecular formula is C27H35F3O3. The first kappa shape index (κ1) is 25.6. The van der Waals surface area contributed by atoms with Crippen LogP contribution >= 0.6 is 0 Å². The molecule has 0 N–H and O–H groups in total. The molecule has 0 atom stereocenters. The summed E-state index contributed by atoms with van der Waals surface area (Å²) in [7, 11) is 3.05. The van der Waals surface area contributed by atoms with Crippen LogP contribution in [0.1, 0.15) is 74.3 Å². The van der Waals surface area contributed by atoms with Crippen LogP contribution in [-0.4, -0.2) is 33.0 Å². The predicted molar refractivity (Wildman–Crippen MR) is 124 cm³/mol. The molecule has 0 aliphatic heterocycles. The summed E-state index contributed by atoms with van der Waals surface area (Å²) in [4.78, 5) is 0. The highest BCUT2D eigenvalue weighted by Gasteiger charge is 2.30. The maximum Gasteiger partial charge on any atom is 0.164 e. The molecule has 6 heteroatoms. The lowest BCUT2D eigenvalue weighted by Crippen LogP contribution is -2.23. The van der Waals surface area contributed by atoms with Crippen LogP contribution in [0.2, 0.25) is 0 Å². The van der Waals surface area contributed by atoms with Crippen molar-refractivity contribution in [2.75, 3.05) is 20.8 Å². The van der Waals surface area contributed by atoms with Gasteiger partial charge < -0.3 is 14.2 Å². The number of halogens is 3. The van der Waals surface area contributed by atoms with Gasteiger partial charge in [0.2, 0.25) is 0 Å². The van der Waals surface area contributed by atoms with E-state index in [2.05, 4.69) is 13.2 Å². The molecule has 2 fully saturated rings. The van der Waals surface area contributed by atoms with Crippen LogP contribution < -0.4 is 0 Å². The lowest BCUT2D eigenvalue weighted by molar-refractivity contribution is 0.0393. The number of rotatable bonds is 9. The van der Waals surface area contributed by atoms with Crippen molar-refractivity contribution in [1.82, 2.24) is 0 Å². The fraction of sp³-hybridized carbons (Fsp3) is 0.556. The van der Waals surface area contributed by atoms with Crippen molar-refractivity contribution in [3.63, 3.8) is 0 Å². The van der Waals surface area contributed by atoms with Crippen LogP contribution in [0, 0.1) is 11.6 Å². The first-order chi connectivity index (χ1) is 15.8. The van der Waals surface area contributed by atoms with E-state index in [0.29, 0.717) is 16.7 Å². The zero-order valence-electron chi connectivity index (χ0n) is 19.7. The molecule has 2 aliphatic carbocycles. The molecule has 1 aromatic rings. The van der Waals surface area contributed by atoms with Gasteiger partial charge in [0, 0.05) is 7.11 Å². The fourth-order valence-corrected chi connectivity index (χ4v) is 4.98. The maximum atomic E-state index is 15.0. The molecule has 2 saturated carbocycles. The standard InChI is InChI=1S/C27H35F3O3/c1-17(15-25(28)18(2)31-3)16-33-22-11-7-20(8-12-22)24-14-13-23(26(29)27(24)30)19-5-9-21(32-4)10-6-19/h13-15,19-22H,1-2,5-12,16H2,3-4H3/b25-15+. The summed E-state index contributed by atoms with van der Waals surface area (Å²) in [6.07, 6.45) is 7.77. The lowest BCUT2D eigenvalue weighted by Gasteiger charge is -2.30. The first-order valence-electron chi connectivity index (χ1n) is 11.7. The fourth-order valence-electron chi connectivity index (χ4n) is 4.98. The first-order valence-corrected chi connectivity index (χ1v) is 11.7. The summed E-state index contributed by atoms with van der Waals surface area (Å²) in [5, 5.41) is 0. The number of ether oxygens (including phenoxy) is 3. The van der Waals surface area contributed by atoms with Gasteiger partial charge in [0.15, 0.2) is 17.5 Å². The Bertz CT molecular complexity index is 864. The molecule has 0 radical (unpaired) electrons. The van der Waals surface area contributed by atoms with E-state index in [9.17, 15) is 8.78 Å². The van der Waals surface area contributed by atoms with Crippen LogP contribution in [0.15, 0.2) is 48.5 Å².